The third-order valence-corrected chi connectivity index (χ3v) is 5.54. The molecule has 3 rings (SSSR count). The number of methoxy groups -OCH3 is 1. The maximum atomic E-state index is 13.4. The van der Waals surface area contributed by atoms with E-state index in [9.17, 15) is 4.79 Å². The minimum Gasteiger partial charge on any atom is -0.383 e. The topological polar surface area (TPSA) is 59.4 Å². The summed E-state index contributed by atoms with van der Waals surface area (Å²) in [6.45, 7) is 11.6. The third-order valence-electron chi connectivity index (χ3n) is 5.54. The number of aryl methyl sites for hydroxylation is 1. The molecule has 6 nitrogen and oxygen atoms in total. The van der Waals surface area contributed by atoms with Crippen LogP contribution in [0.5, 0.6) is 0 Å². The monoisotopic (exact) mass is 386 g/mol. The Bertz CT molecular complexity index is 853. The molecule has 0 bridgehead atoms. The molecule has 1 saturated heterocycles. The van der Waals surface area contributed by atoms with Crippen LogP contribution in [0.4, 0.5) is 0 Å². The molecule has 154 valence electrons. The van der Waals surface area contributed by atoms with Crippen molar-refractivity contribution in [3.63, 3.8) is 0 Å². The number of hydrogen-bond acceptors (Lipinski definition) is 5. The van der Waals surface area contributed by atoms with Gasteiger partial charge in [-0.15, -0.1) is 0 Å². The third kappa shape index (κ3) is 4.45. The van der Waals surface area contributed by atoms with Crippen molar-refractivity contribution in [1.29, 1.82) is 0 Å². The van der Waals surface area contributed by atoms with E-state index in [0.29, 0.717) is 30.6 Å². The first-order valence-electron chi connectivity index (χ1n) is 10.4. The lowest BCUT2D eigenvalue weighted by molar-refractivity contribution is 0.106. The Morgan fingerprint density at radius 3 is 2.64 bits per heavy atom. The maximum absolute atomic E-state index is 13.4. The van der Waals surface area contributed by atoms with Crippen molar-refractivity contribution in [2.45, 2.75) is 65.2 Å². The van der Waals surface area contributed by atoms with Crippen LogP contribution in [-0.4, -0.2) is 53.3 Å². The van der Waals surface area contributed by atoms with Crippen LogP contribution in [0.1, 0.15) is 51.0 Å². The summed E-state index contributed by atoms with van der Waals surface area (Å²) in [6, 6.07) is 6.92. The highest BCUT2D eigenvalue weighted by Gasteiger charge is 2.30. The minimum absolute atomic E-state index is 0.0399. The molecule has 3 atom stereocenters. The van der Waals surface area contributed by atoms with E-state index in [1.165, 1.54) is 0 Å². The van der Waals surface area contributed by atoms with Crippen LogP contribution in [0.15, 0.2) is 23.0 Å². The van der Waals surface area contributed by atoms with E-state index < -0.39 is 0 Å². The zero-order valence-corrected chi connectivity index (χ0v) is 17.9. The summed E-state index contributed by atoms with van der Waals surface area (Å²) in [5.41, 5.74) is 1.90. The lowest BCUT2D eigenvalue weighted by Gasteiger charge is -2.41. The number of benzene rings is 1. The Morgan fingerprint density at radius 2 is 2.00 bits per heavy atom. The normalized spacial score (nSPS) is 21.9. The number of aromatic nitrogens is 2. The first kappa shape index (κ1) is 21.0. The van der Waals surface area contributed by atoms with Crippen molar-refractivity contribution in [2.75, 3.05) is 26.8 Å². The lowest BCUT2D eigenvalue weighted by atomic mass is 10.0. The van der Waals surface area contributed by atoms with Gasteiger partial charge >= 0.3 is 0 Å². The van der Waals surface area contributed by atoms with Gasteiger partial charge in [0, 0.05) is 32.3 Å². The van der Waals surface area contributed by atoms with E-state index in [1.54, 1.807) is 7.11 Å². The number of rotatable bonds is 7. The first-order valence-corrected chi connectivity index (χ1v) is 10.4. The fourth-order valence-electron chi connectivity index (χ4n) is 4.38. The molecule has 0 aliphatic carbocycles. The van der Waals surface area contributed by atoms with E-state index in [1.807, 2.05) is 29.7 Å². The molecule has 0 radical (unpaired) electrons. The number of nitrogens with one attached hydrogen (secondary N) is 1. The molecule has 2 aromatic rings. The van der Waals surface area contributed by atoms with Gasteiger partial charge in [0.25, 0.3) is 5.56 Å². The van der Waals surface area contributed by atoms with Crippen molar-refractivity contribution in [1.82, 2.24) is 19.8 Å². The van der Waals surface area contributed by atoms with Crippen LogP contribution >= 0.6 is 0 Å². The molecule has 1 aliphatic rings. The van der Waals surface area contributed by atoms with Gasteiger partial charge in [-0.2, -0.15) is 0 Å². The number of ether oxygens (including phenoxy) is 1. The first-order chi connectivity index (χ1) is 13.4. The average Bonchev–Trinajstić information content (AvgIpc) is 2.65. The van der Waals surface area contributed by atoms with E-state index in [4.69, 9.17) is 9.72 Å². The Kier molecular flexibility index (Phi) is 6.86. The van der Waals surface area contributed by atoms with Gasteiger partial charge in [-0.3, -0.25) is 14.3 Å². The van der Waals surface area contributed by atoms with Crippen molar-refractivity contribution >= 4 is 10.9 Å². The second kappa shape index (κ2) is 9.16. The predicted molar refractivity (Wildman–Crippen MR) is 114 cm³/mol. The number of hydrogen-bond donors (Lipinski definition) is 1. The molecule has 1 aliphatic heterocycles. The van der Waals surface area contributed by atoms with E-state index in [-0.39, 0.29) is 11.6 Å². The second-order valence-electron chi connectivity index (χ2n) is 8.17. The summed E-state index contributed by atoms with van der Waals surface area (Å²) >= 11 is 0. The molecular formula is C22H34N4O2. The lowest BCUT2D eigenvalue weighted by Crippen LogP contribution is -2.55. The van der Waals surface area contributed by atoms with E-state index in [0.717, 1.165) is 42.8 Å². The Morgan fingerprint density at radius 1 is 1.29 bits per heavy atom. The van der Waals surface area contributed by atoms with Crippen molar-refractivity contribution in [3.05, 3.63) is 39.9 Å². The second-order valence-corrected chi connectivity index (χ2v) is 8.17. The highest BCUT2D eigenvalue weighted by Crippen LogP contribution is 2.27. The van der Waals surface area contributed by atoms with Gasteiger partial charge in [0.15, 0.2) is 0 Å². The fourth-order valence-corrected chi connectivity index (χ4v) is 4.38. The van der Waals surface area contributed by atoms with Gasteiger partial charge in [0.1, 0.15) is 5.82 Å². The molecule has 1 aromatic carbocycles. The fraction of sp³-hybridized carbons (Fsp3) is 0.636. The van der Waals surface area contributed by atoms with E-state index >= 15 is 0 Å². The van der Waals surface area contributed by atoms with Gasteiger partial charge in [0.2, 0.25) is 0 Å². The molecule has 0 spiro atoms. The molecule has 6 heteroatoms. The van der Waals surface area contributed by atoms with Crippen LogP contribution in [-0.2, 0) is 11.3 Å². The van der Waals surface area contributed by atoms with Gasteiger partial charge in [-0.1, -0.05) is 25.0 Å². The molecule has 1 fully saturated rings. The van der Waals surface area contributed by atoms with Gasteiger partial charge in [-0.25, -0.2) is 4.98 Å². The number of fused-ring (bicyclic) bond motifs is 1. The Labute approximate surface area is 167 Å². The van der Waals surface area contributed by atoms with Crippen molar-refractivity contribution < 1.29 is 4.74 Å². The van der Waals surface area contributed by atoms with Gasteiger partial charge in [-0.05, 0) is 39.3 Å². The summed E-state index contributed by atoms with van der Waals surface area (Å²) in [6.07, 6.45) is 2.03. The van der Waals surface area contributed by atoms with Crippen LogP contribution < -0.4 is 10.9 Å². The molecule has 3 unspecified atom stereocenters. The number of piperazine rings is 1. The van der Waals surface area contributed by atoms with Crippen LogP contribution in [0.2, 0.25) is 0 Å². The molecular weight excluding hydrogens is 352 g/mol. The largest absolute Gasteiger partial charge is 0.383 e. The molecule has 1 N–H and O–H groups in total. The molecule has 0 saturated carbocycles. The van der Waals surface area contributed by atoms with Crippen molar-refractivity contribution in [2.24, 2.45) is 0 Å². The predicted octanol–water partition coefficient (Wildman–Crippen LogP) is 2.87. The summed E-state index contributed by atoms with van der Waals surface area (Å²) in [4.78, 5) is 20.9. The SMILES string of the molecule is CCCC(c1nc2ccc(C)cc2c(=O)n1CCOC)N1CC(C)NC(C)C1. The van der Waals surface area contributed by atoms with Crippen LogP contribution in [0.25, 0.3) is 10.9 Å². The zero-order chi connectivity index (χ0) is 20.3. The summed E-state index contributed by atoms with van der Waals surface area (Å²) < 4.78 is 7.15. The van der Waals surface area contributed by atoms with Gasteiger partial charge < -0.3 is 10.1 Å². The maximum Gasteiger partial charge on any atom is 0.261 e. The van der Waals surface area contributed by atoms with Crippen molar-refractivity contribution in [3.8, 4) is 0 Å². The zero-order valence-electron chi connectivity index (χ0n) is 17.9. The van der Waals surface area contributed by atoms with Crippen LogP contribution in [0.3, 0.4) is 0 Å². The molecule has 28 heavy (non-hydrogen) atoms. The summed E-state index contributed by atoms with van der Waals surface area (Å²) in [5.74, 6) is 0.876. The molecule has 1 aromatic heterocycles. The van der Waals surface area contributed by atoms with E-state index in [2.05, 4.69) is 31.0 Å². The highest BCUT2D eigenvalue weighted by atomic mass is 16.5. The standard InChI is InChI=1S/C22H34N4O2/c1-6-7-20(25-13-16(3)23-17(4)14-25)21-24-19-9-8-15(2)12-18(19)22(27)26(21)10-11-28-5/h8-9,12,16-17,20,23H,6-7,10-11,13-14H2,1-5H3. The molecule has 2 heterocycles. The van der Waals surface area contributed by atoms with Crippen LogP contribution in [0, 0.1) is 6.92 Å². The Hall–Kier alpha value is -1.76. The minimum atomic E-state index is 0.0399. The number of nitrogens with zero attached hydrogens (tertiary/aromatic N) is 3. The smallest absolute Gasteiger partial charge is 0.261 e. The quantitative estimate of drug-likeness (QED) is 0.793. The highest BCUT2D eigenvalue weighted by molar-refractivity contribution is 5.78. The average molecular weight is 387 g/mol. The Balaban J connectivity index is 2.13. The summed E-state index contributed by atoms with van der Waals surface area (Å²) in [7, 11) is 1.67. The van der Waals surface area contributed by atoms with Gasteiger partial charge in [0.05, 0.1) is 30.1 Å². The molecule has 0 amide bonds. The summed E-state index contributed by atoms with van der Waals surface area (Å²) in [5, 5.41) is 4.29.